The molecule has 0 saturated carbocycles. The van der Waals surface area contributed by atoms with E-state index in [1.54, 1.807) is 0 Å². The lowest BCUT2D eigenvalue weighted by atomic mass is 10.3. The summed E-state index contributed by atoms with van der Waals surface area (Å²) < 4.78 is 0. The van der Waals surface area contributed by atoms with Crippen molar-refractivity contribution in [1.82, 2.24) is 10.2 Å². The molecule has 0 aliphatic carbocycles. The summed E-state index contributed by atoms with van der Waals surface area (Å²) in [5, 5.41) is 2.54. The molecule has 1 heterocycles. The van der Waals surface area contributed by atoms with Crippen molar-refractivity contribution in [3.8, 4) is 0 Å². The van der Waals surface area contributed by atoms with Crippen LogP contribution < -0.4 is 5.32 Å². The van der Waals surface area contributed by atoms with E-state index in [0.717, 1.165) is 12.2 Å². The molecular weight excluding hydrogens is 168 g/mol. The molecule has 4 nitrogen and oxygen atoms in total. The second kappa shape index (κ2) is 5.13. The second-order valence-electron chi connectivity index (χ2n) is 2.64. The van der Waals surface area contributed by atoms with Crippen LogP contribution in [0, 0.1) is 0 Å². The van der Waals surface area contributed by atoms with Gasteiger partial charge in [-0.15, -0.1) is 0 Å². The molecule has 0 aromatic carbocycles. The first kappa shape index (κ1) is 9.51. The Kier molecular flexibility index (Phi) is 3.75. The molecule has 69 valence electrons. The Morgan fingerprint density at radius 2 is 2.54 bits per heavy atom. The molecule has 4 heteroatoms. The first-order valence-electron chi connectivity index (χ1n) is 4.04. The van der Waals surface area contributed by atoms with Gasteiger partial charge in [0.2, 0.25) is 6.41 Å². The molecule has 1 N–H and O–H groups in total. The van der Waals surface area contributed by atoms with Gasteiger partial charge in [0.05, 0.1) is 5.70 Å². The van der Waals surface area contributed by atoms with Gasteiger partial charge in [-0.3, -0.25) is 9.59 Å². The van der Waals surface area contributed by atoms with Crippen molar-refractivity contribution < 1.29 is 9.59 Å². The average molecular weight is 179 g/mol. The second-order valence-corrected chi connectivity index (χ2v) is 2.64. The van der Waals surface area contributed by atoms with Crippen molar-refractivity contribution in [2.75, 3.05) is 13.1 Å². The largest absolute Gasteiger partial charge is 0.372 e. The molecule has 0 saturated heterocycles. The van der Waals surface area contributed by atoms with Gasteiger partial charge in [-0.1, -0.05) is 6.08 Å². The van der Waals surface area contributed by atoms with E-state index in [1.807, 2.05) is 29.5 Å². The number of nitrogens with zero attached hydrogens (tertiary/aromatic N) is 1. The highest BCUT2D eigenvalue weighted by atomic mass is 16.1. The van der Waals surface area contributed by atoms with Gasteiger partial charge in [-0.05, 0) is 6.08 Å². The van der Waals surface area contributed by atoms with Gasteiger partial charge in [0.15, 0.2) is 6.29 Å². The zero-order valence-electron chi connectivity index (χ0n) is 7.19. The first-order valence-corrected chi connectivity index (χ1v) is 4.04. The molecule has 1 radical (unpaired) electrons. The van der Waals surface area contributed by atoms with Gasteiger partial charge >= 0.3 is 0 Å². The number of amides is 1. The van der Waals surface area contributed by atoms with Gasteiger partial charge in [0, 0.05) is 25.7 Å². The van der Waals surface area contributed by atoms with Gasteiger partial charge in [-0.25, -0.2) is 0 Å². The Bertz CT molecular complexity index is 246. The van der Waals surface area contributed by atoms with Crippen LogP contribution in [0.3, 0.4) is 0 Å². The molecule has 0 bridgehead atoms. The first-order chi connectivity index (χ1) is 6.36. The summed E-state index contributed by atoms with van der Waals surface area (Å²) in [7, 11) is 0. The van der Waals surface area contributed by atoms with Crippen molar-refractivity contribution in [2.24, 2.45) is 0 Å². The number of carbonyl (C=O) groups is 1. The summed E-state index contributed by atoms with van der Waals surface area (Å²) in [6, 6.07) is 0. The van der Waals surface area contributed by atoms with Crippen molar-refractivity contribution >= 4 is 12.7 Å². The number of nitrogens with one attached hydrogen (secondary N) is 1. The highest BCUT2D eigenvalue weighted by Crippen LogP contribution is 2.04. The number of hydrogen-bond acceptors (Lipinski definition) is 3. The molecule has 1 aliphatic heterocycles. The Balaban J connectivity index is 2.45. The van der Waals surface area contributed by atoms with Gasteiger partial charge in [-0.2, -0.15) is 0 Å². The van der Waals surface area contributed by atoms with E-state index < -0.39 is 0 Å². The Morgan fingerprint density at radius 1 is 1.69 bits per heavy atom. The maximum Gasteiger partial charge on any atom is 0.211 e. The topological polar surface area (TPSA) is 49.4 Å². The van der Waals surface area contributed by atoms with E-state index in [0.29, 0.717) is 19.4 Å². The van der Waals surface area contributed by atoms with E-state index in [2.05, 4.69) is 5.32 Å². The summed E-state index contributed by atoms with van der Waals surface area (Å²) in [6.07, 6.45) is 8.41. The van der Waals surface area contributed by atoms with Crippen LogP contribution in [-0.4, -0.2) is 30.7 Å². The SMILES string of the molecule is O=[C]CCN1C=C(NC=O)C=CC1. The lowest BCUT2D eigenvalue weighted by Crippen LogP contribution is -2.25. The zero-order valence-corrected chi connectivity index (χ0v) is 7.19. The molecular formula is C9H11N2O2. The quantitative estimate of drug-likeness (QED) is 0.602. The lowest BCUT2D eigenvalue weighted by Gasteiger charge is -2.21. The summed E-state index contributed by atoms with van der Waals surface area (Å²) in [5.41, 5.74) is 0.743. The van der Waals surface area contributed by atoms with E-state index in [1.165, 1.54) is 0 Å². The standard InChI is InChI=1S/C9H11N2O2/c12-6-2-5-11-4-1-3-9(7-11)10-8-13/h1,3,7-8H,2,4-5H2,(H,10,13). The Hall–Kier alpha value is -1.58. The zero-order chi connectivity index (χ0) is 9.52. The minimum absolute atomic E-state index is 0.388. The monoisotopic (exact) mass is 179 g/mol. The van der Waals surface area contributed by atoms with E-state index in [-0.39, 0.29) is 0 Å². The summed E-state index contributed by atoms with van der Waals surface area (Å²) in [5.74, 6) is 0. The smallest absolute Gasteiger partial charge is 0.211 e. The fourth-order valence-electron chi connectivity index (χ4n) is 1.11. The predicted octanol–water partition coefficient (Wildman–Crippen LogP) is -0.0546. The van der Waals surface area contributed by atoms with E-state index in [4.69, 9.17) is 0 Å². The third-order valence-corrected chi connectivity index (χ3v) is 1.69. The van der Waals surface area contributed by atoms with Crippen LogP contribution in [0.2, 0.25) is 0 Å². The van der Waals surface area contributed by atoms with Gasteiger partial charge in [0.25, 0.3) is 0 Å². The molecule has 0 aromatic rings. The molecule has 1 amide bonds. The lowest BCUT2D eigenvalue weighted by molar-refractivity contribution is -0.108. The summed E-state index contributed by atoms with van der Waals surface area (Å²) in [6.45, 7) is 1.41. The molecule has 0 fully saturated rings. The molecule has 0 aromatic heterocycles. The number of carbonyl (C=O) groups excluding carboxylic acids is 2. The minimum atomic E-state index is 0.388. The van der Waals surface area contributed by atoms with Crippen LogP contribution in [0.5, 0.6) is 0 Å². The van der Waals surface area contributed by atoms with Crippen molar-refractivity contribution in [3.05, 3.63) is 24.0 Å². The predicted molar refractivity (Wildman–Crippen MR) is 48.3 cm³/mol. The third kappa shape index (κ3) is 3.11. The normalized spacial score (nSPS) is 15.1. The van der Waals surface area contributed by atoms with E-state index >= 15 is 0 Å². The van der Waals surface area contributed by atoms with Crippen LogP contribution in [0.15, 0.2) is 24.0 Å². The molecule has 13 heavy (non-hydrogen) atoms. The fourth-order valence-corrected chi connectivity index (χ4v) is 1.11. The maximum absolute atomic E-state index is 10.1. The Morgan fingerprint density at radius 3 is 3.23 bits per heavy atom. The molecule has 1 rings (SSSR count). The van der Waals surface area contributed by atoms with Gasteiger partial charge in [0.1, 0.15) is 0 Å². The van der Waals surface area contributed by atoms with Crippen molar-refractivity contribution in [3.63, 3.8) is 0 Å². The average Bonchev–Trinajstić information content (AvgIpc) is 2.16. The van der Waals surface area contributed by atoms with Crippen LogP contribution in [0.1, 0.15) is 6.42 Å². The summed E-state index contributed by atoms with van der Waals surface area (Å²) >= 11 is 0. The molecule has 0 atom stereocenters. The van der Waals surface area contributed by atoms with Crippen LogP contribution in [0.4, 0.5) is 0 Å². The third-order valence-electron chi connectivity index (χ3n) is 1.69. The number of rotatable bonds is 5. The molecule has 1 aliphatic rings. The highest BCUT2D eigenvalue weighted by molar-refractivity contribution is 5.52. The fraction of sp³-hybridized carbons (Fsp3) is 0.333. The van der Waals surface area contributed by atoms with Crippen LogP contribution in [-0.2, 0) is 9.59 Å². The highest BCUT2D eigenvalue weighted by Gasteiger charge is 2.03. The van der Waals surface area contributed by atoms with Crippen molar-refractivity contribution in [1.29, 1.82) is 0 Å². The van der Waals surface area contributed by atoms with Crippen molar-refractivity contribution in [2.45, 2.75) is 6.42 Å². The molecule has 0 spiro atoms. The number of hydrogen-bond donors (Lipinski definition) is 1. The Labute approximate surface area is 76.9 Å². The van der Waals surface area contributed by atoms with Crippen LogP contribution in [0.25, 0.3) is 0 Å². The van der Waals surface area contributed by atoms with Crippen LogP contribution >= 0.6 is 0 Å². The van der Waals surface area contributed by atoms with Gasteiger partial charge < -0.3 is 10.2 Å². The maximum atomic E-state index is 10.1. The summed E-state index contributed by atoms with van der Waals surface area (Å²) in [4.78, 5) is 22.1. The number of allylic oxidation sites excluding steroid dienone is 1. The van der Waals surface area contributed by atoms with E-state index in [9.17, 15) is 9.59 Å². The minimum Gasteiger partial charge on any atom is -0.372 e. The molecule has 0 unspecified atom stereocenters.